The Labute approximate surface area is 140 Å². The molecule has 0 saturated carbocycles. The zero-order valence-electron chi connectivity index (χ0n) is 13.3. The molecule has 0 unspecified atom stereocenters. The Hall–Kier alpha value is -2.82. The van der Waals surface area contributed by atoms with Crippen LogP contribution in [0.25, 0.3) is 0 Å². The summed E-state index contributed by atoms with van der Waals surface area (Å²) in [5.41, 5.74) is 3.36. The van der Waals surface area contributed by atoms with E-state index in [0.717, 1.165) is 23.4 Å². The molecule has 2 aliphatic rings. The van der Waals surface area contributed by atoms with Crippen LogP contribution in [0, 0.1) is 16.0 Å². The van der Waals surface area contributed by atoms with Crippen molar-refractivity contribution in [3.8, 4) is 5.75 Å². The molecule has 1 aliphatic heterocycles. The van der Waals surface area contributed by atoms with Crippen molar-refractivity contribution >= 4 is 11.4 Å². The average molecular weight is 322 g/mol. The van der Waals surface area contributed by atoms with Gasteiger partial charge in [-0.2, -0.15) is 0 Å². The fourth-order valence-electron chi connectivity index (χ4n) is 3.84. The molecule has 1 aliphatic carbocycles. The summed E-state index contributed by atoms with van der Waals surface area (Å²) in [7, 11) is 1.66. The van der Waals surface area contributed by atoms with E-state index in [2.05, 4.69) is 29.6 Å². The molecule has 24 heavy (non-hydrogen) atoms. The van der Waals surface area contributed by atoms with Crippen LogP contribution in [0.2, 0.25) is 0 Å². The van der Waals surface area contributed by atoms with Gasteiger partial charge in [-0.1, -0.05) is 24.3 Å². The number of fused-ring (bicyclic) bond motifs is 3. The quantitative estimate of drug-likeness (QED) is 0.516. The SMILES string of the molecule is COc1ccc([C@@H]2Nc3ccc([N+](=O)[O-])cc3[C@H]3C=CC[C@H]32)cc1. The van der Waals surface area contributed by atoms with Crippen molar-refractivity contribution in [2.45, 2.75) is 18.4 Å². The maximum atomic E-state index is 11.1. The fraction of sp³-hybridized carbons (Fsp3) is 0.263. The van der Waals surface area contributed by atoms with E-state index in [4.69, 9.17) is 4.74 Å². The number of anilines is 1. The zero-order chi connectivity index (χ0) is 16.7. The Morgan fingerprint density at radius 2 is 2.00 bits per heavy atom. The van der Waals surface area contributed by atoms with Crippen molar-refractivity contribution in [2.75, 3.05) is 12.4 Å². The lowest BCUT2D eigenvalue weighted by Crippen LogP contribution is -2.29. The lowest BCUT2D eigenvalue weighted by Gasteiger charge is -2.37. The van der Waals surface area contributed by atoms with Gasteiger partial charge >= 0.3 is 0 Å². The molecule has 0 amide bonds. The topological polar surface area (TPSA) is 64.4 Å². The molecule has 5 heteroatoms. The lowest BCUT2D eigenvalue weighted by atomic mass is 9.77. The van der Waals surface area contributed by atoms with Crippen LogP contribution < -0.4 is 10.1 Å². The molecule has 1 heterocycles. The second-order valence-electron chi connectivity index (χ2n) is 6.28. The number of benzene rings is 2. The Kier molecular flexibility index (Phi) is 3.49. The van der Waals surface area contributed by atoms with Crippen LogP contribution in [0.4, 0.5) is 11.4 Å². The highest BCUT2D eigenvalue weighted by atomic mass is 16.6. The summed E-state index contributed by atoms with van der Waals surface area (Å²) in [6.45, 7) is 0. The van der Waals surface area contributed by atoms with E-state index in [1.165, 1.54) is 5.56 Å². The number of hydrogen-bond donors (Lipinski definition) is 1. The van der Waals surface area contributed by atoms with Crippen LogP contribution in [-0.4, -0.2) is 12.0 Å². The van der Waals surface area contributed by atoms with Crippen LogP contribution >= 0.6 is 0 Å². The van der Waals surface area contributed by atoms with E-state index in [1.807, 2.05) is 18.2 Å². The standard InChI is InChI=1S/C19H18N2O3/c1-24-14-8-5-12(6-9-14)19-16-4-2-3-15(16)17-11-13(21(22)23)7-10-18(17)20-19/h2-3,5-11,15-16,19-20H,4H2,1H3/t15-,16+,19-/m0/s1. The number of rotatable bonds is 3. The summed E-state index contributed by atoms with van der Waals surface area (Å²) in [6.07, 6.45) is 5.34. The van der Waals surface area contributed by atoms with Gasteiger partial charge in [-0.25, -0.2) is 0 Å². The maximum Gasteiger partial charge on any atom is 0.269 e. The monoisotopic (exact) mass is 322 g/mol. The first-order valence-corrected chi connectivity index (χ1v) is 8.03. The maximum absolute atomic E-state index is 11.1. The first-order chi connectivity index (χ1) is 11.7. The third-order valence-electron chi connectivity index (χ3n) is 5.03. The van der Waals surface area contributed by atoms with Crippen molar-refractivity contribution in [1.82, 2.24) is 0 Å². The Morgan fingerprint density at radius 1 is 1.21 bits per heavy atom. The number of methoxy groups -OCH3 is 1. The first-order valence-electron chi connectivity index (χ1n) is 8.03. The summed E-state index contributed by atoms with van der Waals surface area (Å²) in [5, 5.41) is 14.7. The van der Waals surface area contributed by atoms with E-state index < -0.39 is 0 Å². The largest absolute Gasteiger partial charge is 0.497 e. The van der Waals surface area contributed by atoms with Crippen LogP contribution in [0.15, 0.2) is 54.6 Å². The van der Waals surface area contributed by atoms with E-state index in [-0.39, 0.29) is 22.6 Å². The number of nitro benzene ring substituents is 1. The third kappa shape index (κ3) is 2.33. The predicted octanol–water partition coefficient (Wildman–Crippen LogP) is 4.43. The molecule has 1 N–H and O–H groups in total. The molecule has 0 bridgehead atoms. The van der Waals surface area contributed by atoms with E-state index in [1.54, 1.807) is 19.2 Å². The minimum Gasteiger partial charge on any atom is -0.497 e. The van der Waals surface area contributed by atoms with Gasteiger partial charge in [0, 0.05) is 23.7 Å². The number of nitrogens with zero attached hydrogens (tertiary/aromatic N) is 1. The molecular formula is C19H18N2O3. The number of nitrogens with one attached hydrogen (secondary N) is 1. The molecule has 0 fully saturated rings. The van der Waals surface area contributed by atoms with Crippen molar-refractivity contribution in [3.05, 3.63) is 75.9 Å². The van der Waals surface area contributed by atoms with Crippen molar-refractivity contribution in [1.29, 1.82) is 0 Å². The van der Waals surface area contributed by atoms with E-state index in [0.29, 0.717) is 5.92 Å². The van der Waals surface area contributed by atoms with E-state index >= 15 is 0 Å². The van der Waals surface area contributed by atoms with Crippen LogP contribution in [0.3, 0.4) is 0 Å². The van der Waals surface area contributed by atoms with Gasteiger partial charge in [-0.05, 0) is 41.7 Å². The molecule has 122 valence electrons. The molecule has 5 nitrogen and oxygen atoms in total. The Morgan fingerprint density at radius 3 is 2.71 bits per heavy atom. The molecule has 0 spiro atoms. The summed E-state index contributed by atoms with van der Waals surface area (Å²) in [6, 6.07) is 13.4. The summed E-state index contributed by atoms with van der Waals surface area (Å²) < 4.78 is 5.24. The molecule has 0 radical (unpaired) electrons. The Balaban J connectivity index is 1.73. The normalized spacial score (nSPS) is 24.0. The fourth-order valence-corrected chi connectivity index (χ4v) is 3.84. The van der Waals surface area contributed by atoms with Crippen molar-refractivity contribution in [3.63, 3.8) is 0 Å². The zero-order valence-corrected chi connectivity index (χ0v) is 13.3. The number of ether oxygens (including phenoxy) is 1. The van der Waals surface area contributed by atoms with Crippen LogP contribution in [0.5, 0.6) is 5.75 Å². The van der Waals surface area contributed by atoms with Gasteiger partial charge in [0.15, 0.2) is 0 Å². The number of hydrogen-bond acceptors (Lipinski definition) is 4. The number of allylic oxidation sites excluding steroid dienone is 2. The number of non-ortho nitro benzene ring substituents is 1. The minimum atomic E-state index is -0.330. The average Bonchev–Trinajstić information content (AvgIpc) is 3.10. The lowest BCUT2D eigenvalue weighted by molar-refractivity contribution is -0.384. The van der Waals surface area contributed by atoms with Gasteiger partial charge in [0.2, 0.25) is 0 Å². The third-order valence-corrected chi connectivity index (χ3v) is 5.03. The van der Waals surface area contributed by atoms with Gasteiger partial charge in [0.05, 0.1) is 18.1 Å². The first kappa shape index (κ1) is 14.8. The molecule has 2 aromatic carbocycles. The number of nitro groups is 1. The van der Waals surface area contributed by atoms with Gasteiger partial charge in [-0.3, -0.25) is 10.1 Å². The summed E-state index contributed by atoms with van der Waals surface area (Å²) in [4.78, 5) is 10.8. The molecule has 0 aromatic heterocycles. The second-order valence-corrected chi connectivity index (χ2v) is 6.28. The highest BCUT2D eigenvalue weighted by Crippen LogP contribution is 2.50. The summed E-state index contributed by atoms with van der Waals surface area (Å²) in [5.74, 6) is 1.42. The molecule has 3 atom stereocenters. The Bertz CT molecular complexity index is 814. The van der Waals surface area contributed by atoms with Gasteiger partial charge in [0.1, 0.15) is 5.75 Å². The van der Waals surface area contributed by atoms with Crippen molar-refractivity contribution < 1.29 is 9.66 Å². The van der Waals surface area contributed by atoms with Crippen molar-refractivity contribution in [2.24, 2.45) is 5.92 Å². The second kappa shape index (κ2) is 5.67. The summed E-state index contributed by atoms with van der Waals surface area (Å²) >= 11 is 0. The molecule has 4 rings (SSSR count). The van der Waals surface area contributed by atoms with Gasteiger partial charge < -0.3 is 10.1 Å². The molecular weight excluding hydrogens is 304 g/mol. The minimum absolute atomic E-state index is 0.150. The van der Waals surface area contributed by atoms with Gasteiger partial charge in [-0.15, -0.1) is 0 Å². The van der Waals surface area contributed by atoms with Gasteiger partial charge in [0.25, 0.3) is 5.69 Å². The van der Waals surface area contributed by atoms with Crippen LogP contribution in [-0.2, 0) is 0 Å². The smallest absolute Gasteiger partial charge is 0.269 e. The van der Waals surface area contributed by atoms with Crippen LogP contribution in [0.1, 0.15) is 29.5 Å². The predicted molar refractivity (Wildman–Crippen MR) is 92.4 cm³/mol. The molecule has 0 saturated heterocycles. The highest BCUT2D eigenvalue weighted by molar-refractivity contribution is 5.63. The van der Waals surface area contributed by atoms with E-state index in [9.17, 15) is 10.1 Å². The highest BCUT2D eigenvalue weighted by Gasteiger charge is 2.38. The molecule has 2 aromatic rings.